The molecule has 8 heteroatoms. The van der Waals surface area contributed by atoms with Crippen molar-refractivity contribution in [3.63, 3.8) is 0 Å². The molecular formula is C13H15BrClNO4S. The van der Waals surface area contributed by atoms with Gasteiger partial charge in [0.15, 0.2) is 0 Å². The van der Waals surface area contributed by atoms with Crippen LogP contribution in [-0.4, -0.2) is 38.0 Å². The van der Waals surface area contributed by atoms with E-state index in [0.29, 0.717) is 24.4 Å². The molecule has 1 fully saturated rings. The molecular weight excluding hydrogens is 382 g/mol. The Hall–Kier alpha value is -0.630. The highest BCUT2D eigenvalue weighted by Crippen LogP contribution is 2.29. The lowest BCUT2D eigenvalue weighted by Gasteiger charge is -2.29. The van der Waals surface area contributed by atoms with Crippen LogP contribution in [0.25, 0.3) is 0 Å². The normalized spacial score (nSPS) is 20.2. The Labute approximate surface area is 137 Å². The summed E-state index contributed by atoms with van der Waals surface area (Å²) in [6, 6.07) is 4.95. The lowest BCUT2D eigenvalue weighted by atomic mass is 10.00. The number of piperidine rings is 1. The van der Waals surface area contributed by atoms with Crippen molar-refractivity contribution in [2.75, 3.05) is 19.3 Å². The van der Waals surface area contributed by atoms with Crippen LogP contribution in [0.5, 0.6) is 5.75 Å². The van der Waals surface area contributed by atoms with Crippen LogP contribution in [0.1, 0.15) is 12.8 Å². The molecule has 0 aromatic heterocycles. The summed E-state index contributed by atoms with van der Waals surface area (Å²) in [5, 5.41) is 0.327. The number of ether oxygens (including phenoxy) is 1. The molecule has 2 rings (SSSR count). The predicted octanol–water partition coefficient (Wildman–Crippen LogP) is 2.68. The van der Waals surface area contributed by atoms with E-state index in [-0.39, 0.29) is 12.3 Å². The Bertz CT molecular complexity index is 650. The van der Waals surface area contributed by atoms with E-state index in [9.17, 15) is 13.2 Å². The molecule has 5 nitrogen and oxygen atoms in total. The lowest BCUT2D eigenvalue weighted by molar-refractivity contribution is -0.140. The number of hydrogen-bond acceptors (Lipinski definition) is 4. The standard InChI is InChI=1S/C13H15BrClNO4S/c1-21(18,19)16-6-2-3-9(8-16)13(17)20-12-5-4-10(14)7-11(12)15/h4-5,7,9H,2-3,6,8H2,1H3. The summed E-state index contributed by atoms with van der Waals surface area (Å²) in [5.41, 5.74) is 0. The fourth-order valence-corrected chi connectivity index (χ4v) is 3.81. The van der Waals surface area contributed by atoms with Crippen LogP contribution >= 0.6 is 27.5 Å². The first-order chi connectivity index (χ1) is 9.77. The van der Waals surface area contributed by atoms with Crippen LogP contribution in [0.3, 0.4) is 0 Å². The van der Waals surface area contributed by atoms with Crippen molar-refractivity contribution in [3.05, 3.63) is 27.7 Å². The zero-order valence-corrected chi connectivity index (χ0v) is 14.5. The van der Waals surface area contributed by atoms with Gasteiger partial charge in [-0.05, 0) is 31.0 Å². The van der Waals surface area contributed by atoms with E-state index in [0.717, 1.165) is 10.7 Å². The maximum absolute atomic E-state index is 12.2. The molecule has 0 saturated carbocycles. The van der Waals surface area contributed by atoms with Crippen LogP contribution < -0.4 is 4.74 Å². The molecule has 0 spiro atoms. The van der Waals surface area contributed by atoms with Gasteiger partial charge in [0.05, 0.1) is 17.2 Å². The van der Waals surface area contributed by atoms with Gasteiger partial charge in [0.25, 0.3) is 0 Å². The van der Waals surface area contributed by atoms with Gasteiger partial charge in [0.2, 0.25) is 10.0 Å². The fraction of sp³-hybridized carbons (Fsp3) is 0.462. The second-order valence-corrected chi connectivity index (χ2v) is 8.26. The molecule has 1 unspecified atom stereocenters. The van der Waals surface area contributed by atoms with Gasteiger partial charge < -0.3 is 4.74 Å². The first-order valence-electron chi connectivity index (χ1n) is 6.39. The van der Waals surface area contributed by atoms with Crippen molar-refractivity contribution in [1.82, 2.24) is 4.31 Å². The number of nitrogens with zero attached hydrogens (tertiary/aromatic N) is 1. The number of rotatable bonds is 3. The quantitative estimate of drug-likeness (QED) is 0.582. The molecule has 0 amide bonds. The highest BCUT2D eigenvalue weighted by Gasteiger charge is 2.31. The Morgan fingerprint density at radius 2 is 2.19 bits per heavy atom. The Kier molecular flexibility index (Phi) is 5.29. The van der Waals surface area contributed by atoms with Gasteiger partial charge in [-0.15, -0.1) is 0 Å². The van der Waals surface area contributed by atoms with Crippen molar-refractivity contribution in [1.29, 1.82) is 0 Å². The highest BCUT2D eigenvalue weighted by atomic mass is 79.9. The second-order valence-electron chi connectivity index (χ2n) is 4.96. The van der Waals surface area contributed by atoms with Crippen LogP contribution in [0.2, 0.25) is 5.02 Å². The van der Waals surface area contributed by atoms with E-state index < -0.39 is 21.9 Å². The first-order valence-corrected chi connectivity index (χ1v) is 9.41. The van der Waals surface area contributed by atoms with E-state index in [1.54, 1.807) is 18.2 Å². The monoisotopic (exact) mass is 395 g/mol. The number of carbonyl (C=O) groups is 1. The van der Waals surface area contributed by atoms with Crippen LogP contribution in [0.15, 0.2) is 22.7 Å². The summed E-state index contributed by atoms with van der Waals surface area (Å²) in [7, 11) is -3.29. The smallest absolute Gasteiger partial charge is 0.315 e. The number of benzene rings is 1. The van der Waals surface area contributed by atoms with Crippen molar-refractivity contribution >= 4 is 43.5 Å². The molecule has 1 saturated heterocycles. The number of esters is 1. The van der Waals surface area contributed by atoms with Crippen LogP contribution in [-0.2, 0) is 14.8 Å². The molecule has 0 aliphatic carbocycles. The average molecular weight is 397 g/mol. The molecule has 1 aromatic rings. The van der Waals surface area contributed by atoms with Gasteiger partial charge in [-0.25, -0.2) is 12.7 Å². The number of carbonyl (C=O) groups excluding carboxylic acids is 1. The van der Waals surface area contributed by atoms with E-state index in [2.05, 4.69) is 15.9 Å². The molecule has 1 aromatic carbocycles. The van der Waals surface area contributed by atoms with E-state index in [1.807, 2.05) is 0 Å². The average Bonchev–Trinajstić information content (AvgIpc) is 2.41. The molecule has 1 aliphatic rings. The maximum Gasteiger partial charge on any atom is 0.315 e. The minimum absolute atomic E-state index is 0.159. The largest absolute Gasteiger partial charge is 0.425 e. The predicted molar refractivity (Wildman–Crippen MR) is 83.9 cm³/mol. The van der Waals surface area contributed by atoms with E-state index in [1.165, 1.54) is 4.31 Å². The van der Waals surface area contributed by atoms with Gasteiger partial charge >= 0.3 is 5.97 Å². The molecule has 0 bridgehead atoms. The van der Waals surface area contributed by atoms with Crippen molar-refractivity contribution in [2.24, 2.45) is 5.92 Å². The Morgan fingerprint density at radius 1 is 1.48 bits per heavy atom. The lowest BCUT2D eigenvalue weighted by Crippen LogP contribution is -2.42. The number of halogens is 2. The van der Waals surface area contributed by atoms with Crippen LogP contribution in [0, 0.1) is 5.92 Å². The first kappa shape index (κ1) is 16.7. The van der Waals surface area contributed by atoms with Gasteiger partial charge in [-0.1, -0.05) is 27.5 Å². The van der Waals surface area contributed by atoms with Gasteiger partial charge in [0, 0.05) is 17.6 Å². The van der Waals surface area contributed by atoms with Crippen molar-refractivity contribution < 1.29 is 17.9 Å². The van der Waals surface area contributed by atoms with Crippen LogP contribution in [0.4, 0.5) is 0 Å². The summed E-state index contributed by atoms with van der Waals surface area (Å²) >= 11 is 9.27. The SMILES string of the molecule is CS(=O)(=O)N1CCCC(C(=O)Oc2ccc(Br)cc2Cl)C1. The molecule has 1 heterocycles. The summed E-state index contributed by atoms with van der Waals surface area (Å²) in [6.45, 7) is 0.605. The van der Waals surface area contributed by atoms with E-state index in [4.69, 9.17) is 16.3 Å². The summed E-state index contributed by atoms with van der Waals surface area (Å²) < 4.78 is 30.5. The molecule has 1 aliphatic heterocycles. The third-order valence-electron chi connectivity index (χ3n) is 3.29. The van der Waals surface area contributed by atoms with E-state index >= 15 is 0 Å². The minimum Gasteiger partial charge on any atom is -0.425 e. The molecule has 1 atom stereocenters. The second kappa shape index (κ2) is 6.64. The molecule has 21 heavy (non-hydrogen) atoms. The fourth-order valence-electron chi connectivity index (χ4n) is 2.19. The van der Waals surface area contributed by atoms with Crippen molar-refractivity contribution in [3.8, 4) is 5.75 Å². The third-order valence-corrected chi connectivity index (χ3v) is 5.35. The zero-order chi connectivity index (χ0) is 15.6. The maximum atomic E-state index is 12.2. The molecule has 116 valence electrons. The van der Waals surface area contributed by atoms with Crippen molar-refractivity contribution in [2.45, 2.75) is 12.8 Å². The minimum atomic E-state index is -3.29. The number of hydrogen-bond donors (Lipinski definition) is 0. The Morgan fingerprint density at radius 3 is 2.81 bits per heavy atom. The molecule has 0 N–H and O–H groups in total. The molecule has 0 radical (unpaired) electrons. The number of sulfonamides is 1. The van der Waals surface area contributed by atoms with Gasteiger partial charge in [0.1, 0.15) is 5.75 Å². The topological polar surface area (TPSA) is 63.7 Å². The summed E-state index contributed by atoms with van der Waals surface area (Å²) in [4.78, 5) is 12.2. The third kappa shape index (κ3) is 4.42. The summed E-state index contributed by atoms with van der Waals surface area (Å²) in [5.74, 6) is -0.637. The summed E-state index contributed by atoms with van der Waals surface area (Å²) in [6.07, 6.45) is 2.40. The highest BCUT2D eigenvalue weighted by molar-refractivity contribution is 9.10. The zero-order valence-electron chi connectivity index (χ0n) is 11.4. The van der Waals surface area contributed by atoms with Gasteiger partial charge in [-0.2, -0.15) is 0 Å². The Balaban J connectivity index is 2.06. The van der Waals surface area contributed by atoms with Gasteiger partial charge in [-0.3, -0.25) is 4.79 Å².